The second-order valence-electron chi connectivity index (χ2n) is 7.02. The number of ether oxygens (including phenoxy) is 1. The van der Waals surface area contributed by atoms with E-state index in [2.05, 4.69) is 31.4 Å². The van der Waals surface area contributed by atoms with E-state index in [-0.39, 0.29) is 17.9 Å². The van der Waals surface area contributed by atoms with Crippen molar-refractivity contribution in [3.8, 4) is 5.75 Å². The van der Waals surface area contributed by atoms with Gasteiger partial charge < -0.3 is 14.6 Å². The zero-order chi connectivity index (χ0) is 18.7. The number of methoxy groups -OCH3 is 1. The van der Waals surface area contributed by atoms with Crippen molar-refractivity contribution in [2.24, 2.45) is 5.92 Å². The molecule has 1 aliphatic rings. The van der Waals surface area contributed by atoms with Crippen LogP contribution in [0, 0.1) is 5.92 Å². The van der Waals surface area contributed by atoms with Gasteiger partial charge in [0.1, 0.15) is 11.8 Å². The normalized spacial score (nSPS) is 15.1. The number of amides is 1. The highest BCUT2D eigenvalue weighted by atomic mass is 79.9. The first-order valence-electron chi connectivity index (χ1n) is 8.93. The highest BCUT2D eigenvalue weighted by molar-refractivity contribution is 9.10. The molecule has 1 saturated carbocycles. The molecule has 0 aliphatic heterocycles. The van der Waals surface area contributed by atoms with E-state index in [4.69, 9.17) is 9.26 Å². The Bertz CT molecular complexity index is 771. The number of benzene rings is 1. The van der Waals surface area contributed by atoms with Gasteiger partial charge in [-0.2, -0.15) is 4.98 Å². The molecule has 1 fully saturated rings. The molecule has 0 bridgehead atoms. The Hall–Kier alpha value is -1.89. The summed E-state index contributed by atoms with van der Waals surface area (Å²) >= 11 is 3.47. The summed E-state index contributed by atoms with van der Waals surface area (Å²) in [4.78, 5) is 16.9. The van der Waals surface area contributed by atoms with Gasteiger partial charge in [-0.15, -0.1) is 0 Å². The van der Waals surface area contributed by atoms with E-state index in [9.17, 15) is 4.79 Å². The summed E-state index contributed by atoms with van der Waals surface area (Å²) in [6, 6.07) is 5.58. The van der Waals surface area contributed by atoms with Gasteiger partial charge in [0.2, 0.25) is 11.8 Å². The number of nitrogens with zero attached hydrogens (tertiary/aromatic N) is 2. The van der Waals surface area contributed by atoms with Crippen molar-refractivity contribution < 1.29 is 14.1 Å². The molecular weight excluding hydrogens is 398 g/mol. The van der Waals surface area contributed by atoms with E-state index in [0.29, 0.717) is 24.7 Å². The molecule has 1 heterocycles. The zero-order valence-corrected chi connectivity index (χ0v) is 16.9. The lowest BCUT2D eigenvalue weighted by Crippen LogP contribution is -2.32. The third-order valence-electron chi connectivity index (χ3n) is 4.51. The topological polar surface area (TPSA) is 77.2 Å². The van der Waals surface area contributed by atoms with Crippen LogP contribution in [-0.2, 0) is 11.2 Å². The van der Waals surface area contributed by atoms with Gasteiger partial charge in [-0.1, -0.05) is 25.1 Å². The first kappa shape index (κ1) is 18.9. The predicted octanol–water partition coefficient (Wildman–Crippen LogP) is 4.16. The quantitative estimate of drug-likeness (QED) is 0.691. The van der Waals surface area contributed by atoms with Crippen LogP contribution in [0.3, 0.4) is 0 Å². The number of carbonyl (C=O) groups is 1. The monoisotopic (exact) mass is 421 g/mol. The van der Waals surface area contributed by atoms with Crippen molar-refractivity contribution in [1.82, 2.24) is 15.5 Å². The van der Waals surface area contributed by atoms with Crippen LogP contribution < -0.4 is 10.1 Å². The summed E-state index contributed by atoms with van der Waals surface area (Å²) in [6.45, 7) is 4.07. The van der Waals surface area contributed by atoms with Gasteiger partial charge in [-0.3, -0.25) is 4.79 Å². The Morgan fingerprint density at radius 1 is 1.42 bits per heavy atom. The van der Waals surface area contributed by atoms with E-state index >= 15 is 0 Å². The lowest BCUT2D eigenvalue weighted by Gasteiger charge is -2.18. The molecule has 1 unspecified atom stereocenters. The van der Waals surface area contributed by atoms with E-state index in [1.165, 1.54) is 0 Å². The second-order valence-corrected chi connectivity index (χ2v) is 7.88. The van der Waals surface area contributed by atoms with Gasteiger partial charge in [-0.05, 0) is 58.8 Å². The molecule has 1 aliphatic carbocycles. The molecule has 1 aromatic heterocycles. The molecular formula is C19H24BrN3O3. The number of aryl methyl sites for hydroxylation is 1. The Kier molecular flexibility index (Phi) is 5.96. The number of nitrogens with one attached hydrogen (secondary N) is 1. The molecule has 7 heteroatoms. The van der Waals surface area contributed by atoms with Gasteiger partial charge in [0.25, 0.3) is 0 Å². The zero-order valence-electron chi connectivity index (χ0n) is 15.3. The number of hydrogen-bond acceptors (Lipinski definition) is 5. The van der Waals surface area contributed by atoms with Gasteiger partial charge in [0, 0.05) is 12.3 Å². The van der Waals surface area contributed by atoms with Crippen molar-refractivity contribution >= 4 is 21.8 Å². The van der Waals surface area contributed by atoms with Crippen molar-refractivity contribution in [1.29, 1.82) is 0 Å². The molecule has 140 valence electrons. The summed E-state index contributed by atoms with van der Waals surface area (Å²) in [7, 11) is 1.63. The molecule has 0 radical (unpaired) electrons. The molecule has 0 spiro atoms. The highest BCUT2D eigenvalue weighted by Gasteiger charge is 2.31. The number of aromatic nitrogens is 2. The SMILES string of the molecule is COc1ccc(CCC(=O)NC(c2nc(C3CC3)no2)C(C)C)cc1Br. The summed E-state index contributed by atoms with van der Waals surface area (Å²) in [5, 5.41) is 7.10. The number of hydrogen-bond donors (Lipinski definition) is 1. The second kappa shape index (κ2) is 8.20. The van der Waals surface area contributed by atoms with Crippen LogP contribution in [0.25, 0.3) is 0 Å². The third-order valence-corrected chi connectivity index (χ3v) is 5.13. The molecule has 6 nitrogen and oxygen atoms in total. The van der Waals surface area contributed by atoms with Gasteiger partial charge in [0.15, 0.2) is 5.82 Å². The fraction of sp³-hybridized carbons (Fsp3) is 0.526. The summed E-state index contributed by atoms with van der Waals surface area (Å²) in [6.07, 6.45) is 3.28. The predicted molar refractivity (Wildman–Crippen MR) is 101 cm³/mol. The largest absolute Gasteiger partial charge is 0.496 e. The van der Waals surface area contributed by atoms with Crippen molar-refractivity contribution in [2.75, 3.05) is 7.11 Å². The maximum absolute atomic E-state index is 12.4. The minimum absolute atomic E-state index is 0.0261. The molecule has 3 rings (SSSR count). The minimum atomic E-state index is -0.259. The van der Waals surface area contributed by atoms with Crippen LogP contribution in [-0.4, -0.2) is 23.2 Å². The molecule has 2 aromatic rings. The van der Waals surface area contributed by atoms with Crippen molar-refractivity contribution in [3.05, 3.63) is 40.0 Å². The summed E-state index contributed by atoms with van der Waals surface area (Å²) in [5.74, 6) is 2.62. The van der Waals surface area contributed by atoms with Crippen LogP contribution >= 0.6 is 15.9 Å². The summed E-state index contributed by atoms with van der Waals surface area (Å²) < 4.78 is 11.5. The van der Waals surface area contributed by atoms with Gasteiger partial charge in [0.05, 0.1) is 11.6 Å². The molecule has 1 atom stereocenters. The van der Waals surface area contributed by atoms with Crippen LogP contribution in [0.4, 0.5) is 0 Å². The Morgan fingerprint density at radius 3 is 2.81 bits per heavy atom. The first-order valence-corrected chi connectivity index (χ1v) is 9.72. The lowest BCUT2D eigenvalue weighted by atomic mass is 10.0. The molecule has 26 heavy (non-hydrogen) atoms. The third kappa shape index (κ3) is 4.63. The van der Waals surface area contributed by atoms with Gasteiger partial charge in [-0.25, -0.2) is 0 Å². The average Bonchev–Trinajstić information content (AvgIpc) is 3.35. The van der Waals surface area contributed by atoms with Gasteiger partial charge >= 0.3 is 0 Å². The summed E-state index contributed by atoms with van der Waals surface area (Å²) in [5.41, 5.74) is 1.07. The first-order chi connectivity index (χ1) is 12.5. The standard InChI is InChI=1S/C19H24BrN3O3/c1-11(2)17(19-22-18(23-26-19)13-6-7-13)21-16(24)9-5-12-4-8-15(25-3)14(20)10-12/h4,8,10-11,13,17H,5-7,9H2,1-3H3,(H,21,24). The fourth-order valence-electron chi connectivity index (χ4n) is 2.76. The number of rotatable bonds is 8. The smallest absolute Gasteiger partial charge is 0.249 e. The molecule has 1 amide bonds. The number of halogens is 1. The molecule has 0 saturated heterocycles. The van der Waals surface area contributed by atoms with Crippen LogP contribution in [0.15, 0.2) is 27.2 Å². The lowest BCUT2D eigenvalue weighted by molar-refractivity contribution is -0.122. The molecule has 1 N–H and O–H groups in total. The highest BCUT2D eigenvalue weighted by Crippen LogP contribution is 2.38. The Labute approximate surface area is 161 Å². The maximum Gasteiger partial charge on any atom is 0.249 e. The van der Waals surface area contributed by atoms with Crippen LogP contribution in [0.2, 0.25) is 0 Å². The minimum Gasteiger partial charge on any atom is -0.496 e. The number of carbonyl (C=O) groups excluding carboxylic acids is 1. The van der Waals surface area contributed by atoms with Crippen molar-refractivity contribution in [3.63, 3.8) is 0 Å². The molecule has 1 aromatic carbocycles. The van der Waals surface area contributed by atoms with E-state index in [1.54, 1.807) is 7.11 Å². The van der Waals surface area contributed by atoms with Crippen LogP contribution in [0.5, 0.6) is 5.75 Å². The average molecular weight is 422 g/mol. The fourth-order valence-corrected chi connectivity index (χ4v) is 3.35. The Morgan fingerprint density at radius 2 is 2.19 bits per heavy atom. The van der Waals surface area contributed by atoms with E-state index < -0.39 is 0 Å². The van der Waals surface area contributed by atoms with E-state index in [0.717, 1.165) is 34.5 Å². The maximum atomic E-state index is 12.4. The Balaban J connectivity index is 1.58. The van der Waals surface area contributed by atoms with Crippen LogP contribution in [0.1, 0.15) is 62.3 Å². The van der Waals surface area contributed by atoms with E-state index in [1.807, 2.05) is 32.0 Å². The van der Waals surface area contributed by atoms with Crippen molar-refractivity contribution in [2.45, 2.75) is 51.5 Å².